The first-order valence-corrected chi connectivity index (χ1v) is 18.3. The van der Waals surface area contributed by atoms with Crippen molar-refractivity contribution in [2.24, 2.45) is 5.92 Å². The number of fused-ring (bicyclic) bond motifs is 3. The molecule has 10 nitrogen and oxygen atoms in total. The van der Waals surface area contributed by atoms with E-state index in [2.05, 4.69) is 21.1 Å². The van der Waals surface area contributed by atoms with Crippen molar-refractivity contribution in [2.45, 2.75) is 81.5 Å². The van der Waals surface area contributed by atoms with E-state index in [-0.39, 0.29) is 36.6 Å². The SMILES string of the molecule is O=C1N[C@]2(C(=O)NOc3ccccc3)C[C@H]2CCCCCCC[C@H](Nc2ccccc2)C(=O)N2C[C@H](Oc3nc4ccc(Cl)cc4s3)C[C@@H]12. The van der Waals surface area contributed by atoms with E-state index in [9.17, 15) is 14.4 Å². The molecule has 4 aromatic rings. The Balaban J connectivity index is 1.15. The third-order valence-corrected chi connectivity index (χ3v) is 10.9. The van der Waals surface area contributed by atoms with Crippen LogP contribution in [0.15, 0.2) is 78.9 Å². The Morgan fingerprint density at radius 3 is 2.49 bits per heavy atom. The zero-order valence-electron chi connectivity index (χ0n) is 27.1. The molecule has 2 aliphatic heterocycles. The molecule has 5 atom stereocenters. The van der Waals surface area contributed by atoms with Gasteiger partial charge in [-0.05, 0) is 67.6 Å². The van der Waals surface area contributed by atoms with E-state index in [0.29, 0.717) is 28.8 Å². The number of aromatic nitrogens is 1. The molecule has 0 radical (unpaired) electrons. The molecule has 3 aromatic carbocycles. The summed E-state index contributed by atoms with van der Waals surface area (Å²) in [7, 11) is 0. The Hall–Kier alpha value is -4.35. The van der Waals surface area contributed by atoms with Gasteiger partial charge in [0.05, 0.1) is 16.8 Å². The number of benzene rings is 3. The number of nitrogens with zero attached hydrogens (tertiary/aromatic N) is 2. The number of halogens is 1. The van der Waals surface area contributed by atoms with Crippen molar-refractivity contribution < 1.29 is 24.0 Å². The highest BCUT2D eigenvalue weighted by molar-refractivity contribution is 7.20. The first-order valence-electron chi connectivity index (χ1n) is 17.1. The summed E-state index contributed by atoms with van der Waals surface area (Å²) in [5.74, 6) is -0.463. The predicted molar refractivity (Wildman–Crippen MR) is 190 cm³/mol. The Morgan fingerprint density at radius 1 is 0.959 bits per heavy atom. The molecule has 0 spiro atoms. The molecule has 1 aromatic heterocycles. The molecular weight excluding hydrogens is 662 g/mol. The normalized spacial score (nSPS) is 26.0. The zero-order valence-corrected chi connectivity index (χ0v) is 28.7. The summed E-state index contributed by atoms with van der Waals surface area (Å²) in [5.41, 5.74) is 3.08. The fraction of sp³-hybridized carbons (Fsp3) is 0.405. The average Bonchev–Trinajstić information content (AvgIpc) is 3.41. The number of rotatable bonds is 7. The highest BCUT2D eigenvalue weighted by Crippen LogP contribution is 2.48. The van der Waals surface area contributed by atoms with Crippen molar-refractivity contribution in [1.82, 2.24) is 20.7 Å². The molecule has 49 heavy (non-hydrogen) atoms. The molecule has 3 fully saturated rings. The number of anilines is 1. The molecule has 12 heteroatoms. The lowest BCUT2D eigenvalue weighted by atomic mass is 10.0. The number of carbonyl (C=O) groups is 3. The van der Waals surface area contributed by atoms with Gasteiger partial charge in [0.15, 0.2) is 5.75 Å². The standard InChI is InChI=1S/C37H40ClN5O5S/c38-25-18-19-29-32(20-25)49-36(40-29)47-28-21-31-33(44)41-37(35(46)42-48-27-15-9-5-10-16-27)22-24(37)12-6-2-1-3-11-17-30(34(45)43(31)23-28)39-26-13-7-4-8-14-26/h4-5,7-10,13-16,18-20,24,28,30-31,39H,1-3,6,11-12,17,21-23H2,(H,41,44)(H,42,46)/t24-,28-,30+,31+,37-/m1/s1. The Kier molecular flexibility index (Phi) is 9.91. The highest BCUT2D eigenvalue weighted by atomic mass is 35.5. The van der Waals surface area contributed by atoms with Crippen LogP contribution in [0.1, 0.15) is 57.8 Å². The summed E-state index contributed by atoms with van der Waals surface area (Å²) < 4.78 is 7.25. The predicted octanol–water partition coefficient (Wildman–Crippen LogP) is 6.51. The second kappa shape index (κ2) is 14.6. The Bertz CT molecular complexity index is 1790. The monoisotopic (exact) mass is 701 g/mol. The average molecular weight is 702 g/mol. The fourth-order valence-corrected chi connectivity index (χ4v) is 8.22. The number of thiazole rings is 1. The van der Waals surface area contributed by atoms with E-state index in [4.69, 9.17) is 21.2 Å². The van der Waals surface area contributed by atoms with Crippen LogP contribution >= 0.6 is 22.9 Å². The third-order valence-electron chi connectivity index (χ3n) is 9.77. The third kappa shape index (κ3) is 7.63. The van der Waals surface area contributed by atoms with Crippen LogP contribution in [0.25, 0.3) is 10.2 Å². The van der Waals surface area contributed by atoms with E-state index in [1.165, 1.54) is 11.3 Å². The number of hydrogen-bond acceptors (Lipinski definition) is 8. The van der Waals surface area contributed by atoms with Gasteiger partial charge in [0.2, 0.25) is 11.8 Å². The Labute approximate surface area is 294 Å². The lowest BCUT2D eigenvalue weighted by Gasteiger charge is -2.30. The van der Waals surface area contributed by atoms with Crippen molar-refractivity contribution in [1.29, 1.82) is 0 Å². The number of amides is 3. The molecule has 2 saturated heterocycles. The zero-order chi connectivity index (χ0) is 33.8. The molecule has 3 amide bonds. The quantitative estimate of drug-likeness (QED) is 0.188. The summed E-state index contributed by atoms with van der Waals surface area (Å²) in [6.07, 6.45) is 6.64. The molecule has 1 saturated carbocycles. The van der Waals surface area contributed by atoms with Crippen molar-refractivity contribution >= 4 is 56.6 Å². The van der Waals surface area contributed by atoms with Crippen LogP contribution in [-0.2, 0) is 14.4 Å². The van der Waals surface area contributed by atoms with Gasteiger partial charge in [0.1, 0.15) is 23.7 Å². The van der Waals surface area contributed by atoms with Crippen molar-refractivity contribution in [3.8, 4) is 10.9 Å². The maximum atomic E-state index is 14.5. The molecule has 0 unspecified atom stereocenters. The lowest BCUT2D eigenvalue weighted by molar-refractivity contribution is -0.141. The number of hydrogen-bond donors (Lipinski definition) is 3. The smallest absolute Gasteiger partial charge is 0.278 e. The molecule has 0 bridgehead atoms. The number of ether oxygens (including phenoxy) is 1. The van der Waals surface area contributed by atoms with Crippen LogP contribution in [0, 0.1) is 5.92 Å². The van der Waals surface area contributed by atoms with Crippen LogP contribution in [0.5, 0.6) is 10.9 Å². The van der Waals surface area contributed by atoms with Gasteiger partial charge in [0.25, 0.3) is 11.1 Å². The summed E-state index contributed by atoms with van der Waals surface area (Å²) in [4.78, 5) is 54.3. The minimum atomic E-state index is -1.12. The fourth-order valence-electron chi connectivity index (χ4n) is 7.06. The Morgan fingerprint density at radius 2 is 1.69 bits per heavy atom. The molecule has 3 aliphatic rings. The van der Waals surface area contributed by atoms with Crippen LogP contribution in [0.3, 0.4) is 0 Å². The first kappa shape index (κ1) is 33.2. The summed E-state index contributed by atoms with van der Waals surface area (Å²) in [5, 5.41) is 7.62. The maximum Gasteiger partial charge on any atom is 0.278 e. The number of hydroxylamine groups is 1. The lowest BCUT2D eigenvalue weighted by Crippen LogP contribution is -2.57. The van der Waals surface area contributed by atoms with Gasteiger partial charge >= 0.3 is 0 Å². The van der Waals surface area contributed by atoms with Gasteiger partial charge in [-0.2, -0.15) is 5.48 Å². The van der Waals surface area contributed by atoms with Crippen LogP contribution < -0.4 is 25.7 Å². The van der Waals surface area contributed by atoms with E-state index in [1.54, 1.807) is 23.1 Å². The summed E-state index contributed by atoms with van der Waals surface area (Å²) >= 11 is 7.58. The van der Waals surface area contributed by atoms with E-state index >= 15 is 0 Å². The van der Waals surface area contributed by atoms with Crippen molar-refractivity contribution in [3.05, 3.63) is 83.9 Å². The molecule has 256 valence electrons. The topological polar surface area (TPSA) is 122 Å². The van der Waals surface area contributed by atoms with E-state index in [0.717, 1.165) is 54.4 Å². The van der Waals surface area contributed by atoms with Gasteiger partial charge < -0.3 is 25.1 Å². The van der Waals surface area contributed by atoms with Crippen molar-refractivity contribution in [3.63, 3.8) is 0 Å². The van der Waals surface area contributed by atoms with Gasteiger partial charge in [-0.3, -0.25) is 14.4 Å². The van der Waals surface area contributed by atoms with Crippen LogP contribution in [0.2, 0.25) is 5.02 Å². The molecule has 1 aliphatic carbocycles. The molecule has 3 heterocycles. The van der Waals surface area contributed by atoms with Crippen LogP contribution in [-0.4, -0.2) is 57.9 Å². The van der Waals surface area contributed by atoms with Gasteiger partial charge in [0, 0.05) is 17.1 Å². The number of carbonyl (C=O) groups excluding carboxylic acids is 3. The maximum absolute atomic E-state index is 14.5. The summed E-state index contributed by atoms with van der Waals surface area (Å²) in [6.45, 7) is 0.209. The van der Waals surface area contributed by atoms with Crippen molar-refractivity contribution in [2.75, 3.05) is 11.9 Å². The minimum absolute atomic E-state index is 0.0272. The van der Waals surface area contributed by atoms with Gasteiger partial charge in [-0.15, -0.1) is 0 Å². The largest absolute Gasteiger partial charge is 0.465 e. The molecule has 3 N–H and O–H groups in total. The molecule has 7 rings (SSSR count). The van der Waals surface area contributed by atoms with E-state index in [1.807, 2.05) is 60.7 Å². The number of para-hydroxylation sites is 2. The van der Waals surface area contributed by atoms with Gasteiger partial charge in [-0.1, -0.05) is 91.4 Å². The summed E-state index contributed by atoms with van der Waals surface area (Å²) in [6, 6.07) is 22.8. The minimum Gasteiger partial charge on any atom is -0.465 e. The first-order chi connectivity index (χ1) is 23.9. The second-order valence-electron chi connectivity index (χ2n) is 13.2. The highest BCUT2D eigenvalue weighted by Gasteiger charge is 2.62. The van der Waals surface area contributed by atoms with E-state index < -0.39 is 23.7 Å². The van der Waals surface area contributed by atoms with Gasteiger partial charge in [-0.25, -0.2) is 4.98 Å². The van der Waals surface area contributed by atoms with Crippen LogP contribution in [0.4, 0.5) is 5.69 Å². The second-order valence-corrected chi connectivity index (χ2v) is 14.6. The molecular formula is C37H40ClN5O5S. The number of nitrogens with one attached hydrogen (secondary N) is 3.